The van der Waals surface area contributed by atoms with Crippen LogP contribution in [0.4, 0.5) is 5.69 Å². The second kappa shape index (κ2) is 15.1. The van der Waals surface area contributed by atoms with Crippen molar-refractivity contribution >= 4 is 17.8 Å². The molecule has 2 aromatic rings. The number of aromatic hydroxyl groups is 1. The highest BCUT2D eigenvalue weighted by atomic mass is 16.5. The maximum absolute atomic E-state index is 10.6. The predicted molar refractivity (Wildman–Crippen MR) is 128 cm³/mol. The maximum atomic E-state index is 10.6. The summed E-state index contributed by atoms with van der Waals surface area (Å²) in [7, 11) is 0. The van der Waals surface area contributed by atoms with Gasteiger partial charge in [-0.15, -0.1) is 0 Å². The van der Waals surface area contributed by atoms with Crippen molar-refractivity contribution in [3.05, 3.63) is 58.6 Å². The van der Waals surface area contributed by atoms with Crippen molar-refractivity contribution in [2.75, 3.05) is 57.6 Å². The van der Waals surface area contributed by atoms with Gasteiger partial charge in [-0.1, -0.05) is 36.4 Å². The van der Waals surface area contributed by atoms with E-state index < -0.39 is 6.04 Å². The summed E-state index contributed by atoms with van der Waals surface area (Å²) in [5.41, 5.74) is 2.89. The Hall–Kier alpha value is -2.85. The summed E-state index contributed by atoms with van der Waals surface area (Å²) in [5.74, 6) is 0.0765. The first-order chi connectivity index (χ1) is 16.0. The molecule has 2 rings (SSSR count). The van der Waals surface area contributed by atoms with E-state index in [2.05, 4.69) is 15.1 Å². The molecule has 2 unspecified atom stereocenters. The average molecular weight is 460 g/mol. The quantitative estimate of drug-likeness (QED) is 0.258. The van der Waals surface area contributed by atoms with E-state index in [4.69, 9.17) is 19.7 Å². The molecule has 0 aliphatic rings. The van der Waals surface area contributed by atoms with Crippen molar-refractivity contribution in [3.63, 3.8) is 0 Å². The van der Waals surface area contributed by atoms with E-state index in [1.165, 1.54) is 0 Å². The number of pyridine rings is 1. The lowest BCUT2D eigenvalue weighted by molar-refractivity contribution is 0.0815. The van der Waals surface area contributed by atoms with Gasteiger partial charge in [-0.05, 0) is 29.3 Å². The normalized spacial score (nSPS) is 13.2. The van der Waals surface area contributed by atoms with Crippen molar-refractivity contribution in [3.8, 4) is 5.88 Å². The second-order valence-corrected chi connectivity index (χ2v) is 7.74. The van der Waals surface area contributed by atoms with Gasteiger partial charge in [0, 0.05) is 43.6 Å². The number of nitrogens with zero attached hydrogens (tertiary/aromatic N) is 3. The van der Waals surface area contributed by atoms with Crippen LogP contribution in [0, 0.1) is 10.8 Å². The number of hydrogen-bond donors (Lipinski definition) is 3. The molecule has 2 atom stereocenters. The molecule has 180 valence electrons. The van der Waals surface area contributed by atoms with Gasteiger partial charge in [0.2, 0.25) is 5.88 Å². The lowest BCUT2D eigenvalue weighted by Gasteiger charge is -2.25. The Balaban J connectivity index is 1.96. The van der Waals surface area contributed by atoms with Gasteiger partial charge in [0.05, 0.1) is 33.0 Å². The summed E-state index contributed by atoms with van der Waals surface area (Å²) in [5, 5.41) is 30.3. The summed E-state index contributed by atoms with van der Waals surface area (Å²) in [6, 6.07) is 10.6. The van der Waals surface area contributed by atoms with Gasteiger partial charge in [-0.3, -0.25) is 0 Å². The highest BCUT2D eigenvalue weighted by molar-refractivity contribution is 5.70. The Morgan fingerprint density at radius 2 is 1.61 bits per heavy atom. The molecular weight excluding hydrogens is 426 g/mol. The Bertz CT molecular complexity index is 829. The molecule has 1 heterocycles. The van der Waals surface area contributed by atoms with Gasteiger partial charge in [-0.25, -0.2) is 4.98 Å². The van der Waals surface area contributed by atoms with Crippen LogP contribution in [0.25, 0.3) is 12.2 Å². The zero-order valence-corrected chi connectivity index (χ0v) is 18.9. The van der Waals surface area contributed by atoms with Crippen molar-refractivity contribution in [2.24, 2.45) is 11.1 Å². The van der Waals surface area contributed by atoms with Crippen LogP contribution < -0.4 is 4.90 Å². The van der Waals surface area contributed by atoms with E-state index in [0.717, 1.165) is 16.8 Å². The maximum Gasteiger partial charge on any atom is 0.210 e. The number of aliphatic hydroxyl groups is 2. The van der Waals surface area contributed by atoms with Gasteiger partial charge in [0.1, 0.15) is 6.04 Å². The molecule has 33 heavy (non-hydrogen) atoms. The highest BCUT2D eigenvalue weighted by Gasteiger charge is 2.10. The van der Waals surface area contributed by atoms with Gasteiger partial charge in [0.15, 0.2) is 0 Å². The molecular formula is C24H33N3O6. The smallest absolute Gasteiger partial charge is 0.210 e. The monoisotopic (exact) mass is 459 g/mol. The van der Waals surface area contributed by atoms with Crippen molar-refractivity contribution < 1.29 is 24.8 Å². The lowest BCUT2D eigenvalue weighted by Crippen LogP contribution is -2.32. The third-order valence-electron chi connectivity index (χ3n) is 4.89. The molecule has 1 aromatic heterocycles. The Morgan fingerprint density at radius 3 is 2.18 bits per heavy atom. The van der Waals surface area contributed by atoms with Crippen LogP contribution in [0.3, 0.4) is 0 Å². The molecule has 3 N–H and O–H groups in total. The second-order valence-electron chi connectivity index (χ2n) is 7.74. The predicted octanol–water partition coefficient (Wildman–Crippen LogP) is 2.55. The minimum absolute atomic E-state index is 0.00956. The molecule has 0 aliphatic heterocycles. The van der Waals surface area contributed by atoms with Crippen LogP contribution in [-0.2, 0) is 9.47 Å². The first-order valence-electron chi connectivity index (χ1n) is 10.9. The molecule has 0 amide bonds. The summed E-state index contributed by atoms with van der Waals surface area (Å²) in [6.07, 6.45) is 5.48. The summed E-state index contributed by atoms with van der Waals surface area (Å²) < 4.78 is 11.2. The van der Waals surface area contributed by atoms with Crippen LogP contribution in [0.15, 0.2) is 47.8 Å². The number of anilines is 1. The first-order valence-corrected chi connectivity index (χ1v) is 10.9. The largest absolute Gasteiger partial charge is 0.493 e. The number of benzene rings is 1. The molecule has 0 spiro atoms. The van der Waals surface area contributed by atoms with Crippen LogP contribution in [0.5, 0.6) is 5.88 Å². The molecule has 9 nitrogen and oxygen atoms in total. The number of hydrogen-bond acceptors (Lipinski definition) is 9. The van der Waals surface area contributed by atoms with E-state index in [-0.39, 0.29) is 31.6 Å². The standard InChI is InChI=1S/C24H33N3O6/c1-19(15-28)17-32-12-10-27(11-13-33-18-22(16-29)26-31)23-7-4-20(5-8-23)2-3-21-6-9-24(30)25-14-21/h2-9,14,19,22,28-29H,10-13,15-18H2,1H3,(H,25,30)/b3-2+. The van der Waals surface area contributed by atoms with Gasteiger partial charge < -0.3 is 29.7 Å². The SMILES string of the molecule is CC(CO)COCCN(CCOCC(CO)N=O)c1ccc(/C=C/c2ccc(O)nc2)cc1. The van der Waals surface area contributed by atoms with Gasteiger partial charge in [0.25, 0.3) is 0 Å². The molecule has 0 fully saturated rings. The summed E-state index contributed by atoms with van der Waals surface area (Å²) in [6.45, 7) is 4.31. The Kier molecular flexibility index (Phi) is 12.1. The van der Waals surface area contributed by atoms with Crippen LogP contribution >= 0.6 is 0 Å². The topological polar surface area (TPSA) is 125 Å². The summed E-state index contributed by atoms with van der Waals surface area (Å²) >= 11 is 0. The number of aromatic nitrogens is 1. The molecule has 0 bridgehead atoms. The Morgan fingerprint density at radius 1 is 0.970 bits per heavy atom. The molecule has 0 saturated heterocycles. The number of ether oxygens (including phenoxy) is 2. The van der Waals surface area contributed by atoms with Crippen molar-refractivity contribution in [1.29, 1.82) is 0 Å². The Labute approximate surface area is 194 Å². The molecule has 0 radical (unpaired) electrons. The molecule has 9 heteroatoms. The average Bonchev–Trinajstić information content (AvgIpc) is 2.85. The summed E-state index contributed by atoms with van der Waals surface area (Å²) in [4.78, 5) is 16.6. The fourth-order valence-electron chi connectivity index (χ4n) is 2.88. The van der Waals surface area contributed by atoms with Gasteiger partial charge in [-0.2, -0.15) is 4.91 Å². The zero-order valence-electron chi connectivity index (χ0n) is 18.9. The van der Waals surface area contributed by atoms with Gasteiger partial charge >= 0.3 is 0 Å². The fourth-order valence-corrected chi connectivity index (χ4v) is 2.88. The molecule has 0 saturated carbocycles. The van der Waals surface area contributed by atoms with Crippen molar-refractivity contribution in [1.82, 2.24) is 4.98 Å². The first kappa shape index (κ1) is 26.4. The zero-order chi connectivity index (χ0) is 23.9. The number of rotatable bonds is 16. The van der Waals surface area contributed by atoms with E-state index in [9.17, 15) is 10.0 Å². The minimum atomic E-state index is -0.753. The van der Waals surface area contributed by atoms with Crippen molar-refractivity contribution in [2.45, 2.75) is 13.0 Å². The van der Waals surface area contributed by atoms with E-state index >= 15 is 0 Å². The third-order valence-corrected chi connectivity index (χ3v) is 4.89. The molecule has 0 aliphatic carbocycles. The van der Waals surface area contributed by atoms with Crippen LogP contribution in [0.1, 0.15) is 18.1 Å². The minimum Gasteiger partial charge on any atom is -0.493 e. The third kappa shape index (κ3) is 10.1. The van der Waals surface area contributed by atoms with E-state index in [1.807, 2.05) is 43.3 Å². The number of aliphatic hydroxyl groups excluding tert-OH is 2. The highest BCUT2D eigenvalue weighted by Crippen LogP contribution is 2.17. The number of nitroso groups, excluding NO2 is 1. The van der Waals surface area contributed by atoms with Crippen LogP contribution in [0.2, 0.25) is 0 Å². The molecule has 1 aromatic carbocycles. The van der Waals surface area contributed by atoms with Crippen LogP contribution in [-0.4, -0.2) is 79.1 Å². The fraction of sp³-hybridized carbons (Fsp3) is 0.458. The van der Waals surface area contributed by atoms with E-state index in [0.29, 0.717) is 32.9 Å². The van der Waals surface area contributed by atoms with E-state index in [1.54, 1.807) is 18.3 Å². The lowest BCUT2D eigenvalue weighted by atomic mass is 10.1.